The Bertz CT molecular complexity index is 762. The van der Waals surface area contributed by atoms with Gasteiger partial charge in [-0.3, -0.25) is 9.36 Å². The Morgan fingerprint density at radius 2 is 1.72 bits per heavy atom. The predicted molar refractivity (Wildman–Crippen MR) is 77.2 cm³/mol. The molecule has 0 saturated carbocycles. The van der Waals surface area contributed by atoms with E-state index in [0.29, 0.717) is 0 Å². The molecule has 88 valence electrons. The molecule has 0 spiro atoms. The van der Waals surface area contributed by atoms with Crippen molar-refractivity contribution in [3.05, 3.63) is 75.6 Å². The van der Waals surface area contributed by atoms with Gasteiger partial charge in [0.1, 0.15) is 0 Å². The molecule has 18 heavy (non-hydrogen) atoms. The topological polar surface area (TPSA) is 22.0 Å². The maximum Gasteiger partial charge on any atom is 0.262 e. The molecule has 0 aliphatic heterocycles. The molecule has 2 nitrogen and oxygen atoms in total. The largest absolute Gasteiger partial charge is 0.284 e. The first-order chi connectivity index (χ1) is 8.75. The van der Waals surface area contributed by atoms with E-state index in [1.165, 1.54) is 0 Å². The Hall–Kier alpha value is -1.87. The van der Waals surface area contributed by atoms with Gasteiger partial charge in [0, 0.05) is 21.7 Å². The number of para-hydroxylation sites is 1. The van der Waals surface area contributed by atoms with Gasteiger partial charge in [0.15, 0.2) is 0 Å². The number of hydrogen-bond acceptors (Lipinski definition) is 1. The minimum absolute atomic E-state index is 0.000000000000000444. The lowest BCUT2D eigenvalue weighted by atomic mass is 10.2. The molecule has 0 amide bonds. The van der Waals surface area contributed by atoms with E-state index < -0.39 is 0 Å². The van der Waals surface area contributed by atoms with Gasteiger partial charge in [0.2, 0.25) is 0 Å². The summed E-state index contributed by atoms with van der Waals surface area (Å²) in [5, 5.41) is 1.67. The van der Waals surface area contributed by atoms with E-state index in [2.05, 4.69) is 15.9 Å². The van der Waals surface area contributed by atoms with Crippen LogP contribution in [0.2, 0.25) is 0 Å². The number of fused-ring (bicyclic) bond motifs is 1. The zero-order valence-electron chi connectivity index (χ0n) is 9.51. The molecule has 1 aromatic heterocycles. The predicted octanol–water partition coefficient (Wildman–Crippen LogP) is 3.75. The highest BCUT2D eigenvalue weighted by atomic mass is 79.9. The Morgan fingerprint density at radius 1 is 0.944 bits per heavy atom. The van der Waals surface area contributed by atoms with E-state index >= 15 is 0 Å². The molecule has 0 aliphatic rings. The van der Waals surface area contributed by atoms with Crippen LogP contribution in [0.1, 0.15) is 0 Å². The first-order valence-corrected chi connectivity index (χ1v) is 6.41. The van der Waals surface area contributed by atoms with Crippen molar-refractivity contribution in [2.45, 2.75) is 0 Å². The Kier molecular flexibility index (Phi) is 2.76. The molecule has 2 aromatic carbocycles. The summed E-state index contributed by atoms with van der Waals surface area (Å²) in [7, 11) is 0. The molecular formula is C15H10BrNO. The van der Waals surface area contributed by atoms with E-state index in [1.54, 1.807) is 4.57 Å². The lowest BCUT2D eigenvalue weighted by Gasteiger charge is -2.07. The molecule has 0 N–H and O–H groups in total. The van der Waals surface area contributed by atoms with Crippen molar-refractivity contribution in [1.82, 2.24) is 4.57 Å². The fraction of sp³-hybridized carbons (Fsp3) is 0. The van der Waals surface area contributed by atoms with Gasteiger partial charge in [-0.2, -0.15) is 0 Å². The lowest BCUT2D eigenvalue weighted by Crippen LogP contribution is -2.17. The minimum atomic E-state index is 0.000000000000000444. The average Bonchev–Trinajstić information content (AvgIpc) is 2.41. The number of nitrogens with zero attached hydrogens (tertiary/aromatic N) is 1. The van der Waals surface area contributed by atoms with E-state index in [-0.39, 0.29) is 5.56 Å². The van der Waals surface area contributed by atoms with Gasteiger partial charge in [0.25, 0.3) is 5.56 Å². The number of benzene rings is 2. The molecule has 1 heterocycles. The fourth-order valence-corrected chi connectivity index (χ4v) is 2.36. The summed E-state index contributed by atoms with van der Waals surface area (Å²) in [6.45, 7) is 0. The Balaban J connectivity index is 2.33. The Labute approximate surface area is 113 Å². The second kappa shape index (κ2) is 4.42. The summed E-state index contributed by atoms with van der Waals surface area (Å²) in [5.41, 5.74) is 0.879. The van der Waals surface area contributed by atoms with Crippen LogP contribution in [0.25, 0.3) is 16.5 Å². The van der Waals surface area contributed by atoms with Crippen LogP contribution in [-0.2, 0) is 0 Å². The van der Waals surface area contributed by atoms with Crippen molar-refractivity contribution in [2.24, 2.45) is 0 Å². The van der Waals surface area contributed by atoms with E-state index in [1.807, 2.05) is 60.8 Å². The molecule has 3 aromatic rings. The highest BCUT2D eigenvalue weighted by Crippen LogP contribution is 2.17. The monoisotopic (exact) mass is 299 g/mol. The van der Waals surface area contributed by atoms with Gasteiger partial charge in [0.05, 0.1) is 0 Å². The summed E-state index contributed by atoms with van der Waals surface area (Å²) in [6, 6.07) is 17.3. The number of aromatic nitrogens is 1. The van der Waals surface area contributed by atoms with Gasteiger partial charge in [-0.1, -0.05) is 40.2 Å². The van der Waals surface area contributed by atoms with Gasteiger partial charge < -0.3 is 0 Å². The molecule has 0 aliphatic carbocycles. The summed E-state index contributed by atoms with van der Waals surface area (Å²) in [4.78, 5) is 12.4. The second-order valence-corrected chi connectivity index (χ2v) is 4.97. The number of pyridine rings is 1. The standard InChI is InChI=1S/C15H10BrNO/c16-12-7-6-11-8-9-17(15(18)14(11)10-12)13-4-2-1-3-5-13/h1-10H. The molecule has 0 unspecified atom stereocenters. The van der Waals surface area contributed by atoms with Crippen molar-refractivity contribution in [3.63, 3.8) is 0 Å². The van der Waals surface area contributed by atoms with Crippen LogP contribution in [0.15, 0.2) is 70.1 Å². The molecule has 0 fully saturated rings. The van der Waals surface area contributed by atoms with Crippen LogP contribution in [0, 0.1) is 0 Å². The van der Waals surface area contributed by atoms with Gasteiger partial charge >= 0.3 is 0 Å². The van der Waals surface area contributed by atoms with Gasteiger partial charge in [-0.25, -0.2) is 0 Å². The third kappa shape index (κ3) is 1.87. The third-order valence-corrected chi connectivity index (χ3v) is 3.40. The molecule has 0 saturated heterocycles. The molecule has 3 rings (SSSR count). The fourth-order valence-electron chi connectivity index (χ4n) is 2.00. The van der Waals surface area contributed by atoms with Crippen molar-refractivity contribution < 1.29 is 0 Å². The number of hydrogen-bond donors (Lipinski definition) is 0. The summed E-state index contributed by atoms with van der Waals surface area (Å²) >= 11 is 3.40. The first kappa shape index (κ1) is 11.2. The number of rotatable bonds is 1. The zero-order chi connectivity index (χ0) is 12.5. The van der Waals surface area contributed by atoms with Crippen molar-refractivity contribution >= 4 is 26.7 Å². The van der Waals surface area contributed by atoms with Crippen LogP contribution < -0.4 is 5.56 Å². The van der Waals surface area contributed by atoms with Gasteiger partial charge in [-0.05, 0) is 35.7 Å². The Morgan fingerprint density at radius 3 is 2.50 bits per heavy atom. The molecule has 3 heteroatoms. The highest BCUT2D eigenvalue weighted by Gasteiger charge is 2.04. The van der Waals surface area contributed by atoms with Gasteiger partial charge in [-0.15, -0.1) is 0 Å². The summed E-state index contributed by atoms with van der Waals surface area (Å²) < 4.78 is 2.58. The van der Waals surface area contributed by atoms with E-state index in [4.69, 9.17) is 0 Å². The van der Waals surface area contributed by atoms with Crippen LogP contribution in [0.3, 0.4) is 0 Å². The summed E-state index contributed by atoms with van der Waals surface area (Å²) in [6.07, 6.45) is 1.81. The van der Waals surface area contributed by atoms with Crippen LogP contribution in [0.4, 0.5) is 0 Å². The van der Waals surface area contributed by atoms with Crippen molar-refractivity contribution in [3.8, 4) is 5.69 Å². The highest BCUT2D eigenvalue weighted by molar-refractivity contribution is 9.10. The molecular weight excluding hydrogens is 290 g/mol. The maximum absolute atomic E-state index is 12.4. The van der Waals surface area contributed by atoms with Crippen LogP contribution >= 0.6 is 15.9 Å². The van der Waals surface area contributed by atoms with Crippen molar-refractivity contribution in [2.75, 3.05) is 0 Å². The van der Waals surface area contributed by atoms with Crippen LogP contribution in [0.5, 0.6) is 0 Å². The number of halogens is 1. The van der Waals surface area contributed by atoms with Crippen LogP contribution in [-0.4, -0.2) is 4.57 Å². The summed E-state index contributed by atoms with van der Waals surface area (Å²) in [5.74, 6) is 0. The molecule has 0 radical (unpaired) electrons. The quantitative estimate of drug-likeness (QED) is 0.671. The smallest absolute Gasteiger partial charge is 0.262 e. The van der Waals surface area contributed by atoms with Crippen molar-refractivity contribution in [1.29, 1.82) is 0 Å². The minimum Gasteiger partial charge on any atom is -0.284 e. The zero-order valence-corrected chi connectivity index (χ0v) is 11.1. The molecule has 0 atom stereocenters. The normalized spacial score (nSPS) is 10.7. The SMILES string of the molecule is O=c1c2cc(Br)ccc2ccn1-c1ccccc1. The van der Waals surface area contributed by atoms with E-state index in [9.17, 15) is 4.79 Å². The maximum atomic E-state index is 12.4. The molecule has 0 bridgehead atoms. The lowest BCUT2D eigenvalue weighted by molar-refractivity contribution is 1.01. The third-order valence-electron chi connectivity index (χ3n) is 2.90. The average molecular weight is 300 g/mol. The second-order valence-electron chi connectivity index (χ2n) is 4.06. The first-order valence-electron chi connectivity index (χ1n) is 5.62. The van der Waals surface area contributed by atoms with E-state index in [0.717, 1.165) is 20.9 Å².